The van der Waals surface area contributed by atoms with Gasteiger partial charge in [0.15, 0.2) is 0 Å². The van der Waals surface area contributed by atoms with Gasteiger partial charge in [-0.1, -0.05) is 12.2 Å². The number of benzene rings is 1. The van der Waals surface area contributed by atoms with Gasteiger partial charge >= 0.3 is 0 Å². The van der Waals surface area contributed by atoms with Crippen molar-refractivity contribution in [3.05, 3.63) is 48.2 Å². The molecule has 4 aliphatic heterocycles. The van der Waals surface area contributed by atoms with Crippen LogP contribution >= 0.6 is 0 Å². The Kier molecular flexibility index (Phi) is 8.86. The van der Waals surface area contributed by atoms with Gasteiger partial charge in [-0.05, 0) is 75.4 Å². The summed E-state index contributed by atoms with van der Waals surface area (Å²) >= 11 is 0. The first kappa shape index (κ1) is 25.5. The van der Waals surface area contributed by atoms with Crippen LogP contribution in [0.4, 0.5) is 17.5 Å². The maximum atomic E-state index is 13.1. The van der Waals surface area contributed by atoms with Crippen molar-refractivity contribution in [2.45, 2.75) is 32.1 Å². The van der Waals surface area contributed by atoms with Crippen LogP contribution in [0.15, 0.2) is 42.6 Å². The lowest BCUT2D eigenvalue weighted by molar-refractivity contribution is 0.0953. The molecular formula is C28H38N6O3. The molecule has 1 amide bonds. The lowest BCUT2D eigenvalue weighted by Gasteiger charge is -2.32. The monoisotopic (exact) mass is 506 g/mol. The van der Waals surface area contributed by atoms with Gasteiger partial charge in [0.1, 0.15) is 18.2 Å². The number of nitrogens with one attached hydrogen (secondary N) is 2. The maximum Gasteiger partial charge on any atom is 0.255 e. The summed E-state index contributed by atoms with van der Waals surface area (Å²) in [6.45, 7) is 7.35. The summed E-state index contributed by atoms with van der Waals surface area (Å²) in [5, 5.41) is 6.27. The molecule has 5 heterocycles. The van der Waals surface area contributed by atoms with Gasteiger partial charge in [0, 0.05) is 44.7 Å². The highest BCUT2D eigenvalue weighted by Crippen LogP contribution is 2.27. The van der Waals surface area contributed by atoms with E-state index in [9.17, 15) is 4.79 Å². The fraction of sp³-hybridized carbons (Fsp3) is 0.536. The van der Waals surface area contributed by atoms with E-state index >= 15 is 0 Å². The highest BCUT2D eigenvalue weighted by atomic mass is 16.5. The van der Waals surface area contributed by atoms with Gasteiger partial charge in [0.25, 0.3) is 5.91 Å². The molecule has 9 heteroatoms. The Bertz CT molecular complexity index is 1060. The molecule has 9 nitrogen and oxygen atoms in total. The van der Waals surface area contributed by atoms with Crippen LogP contribution in [0.25, 0.3) is 0 Å². The molecule has 4 aliphatic rings. The lowest BCUT2D eigenvalue weighted by Crippen LogP contribution is -2.34. The summed E-state index contributed by atoms with van der Waals surface area (Å²) in [5.74, 6) is 2.51. The third-order valence-corrected chi connectivity index (χ3v) is 7.36. The molecule has 1 aromatic carbocycles. The van der Waals surface area contributed by atoms with E-state index in [0.717, 1.165) is 70.1 Å². The minimum absolute atomic E-state index is 0.183. The molecule has 0 radical (unpaired) electrons. The minimum Gasteiger partial charge on any atom is -0.491 e. The first-order chi connectivity index (χ1) is 18.2. The number of aromatic nitrogens is 2. The molecule has 0 saturated carbocycles. The molecule has 0 atom stereocenters. The van der Waals surface area contributed by atoms with Gasteiger partial charge in [-0.15, -0.1) is 0 Å². The molecule has 198 valence electrons. The van der Waals surface area contributed by atoms with Crippen LogP contribution in [0.5, 0.6) is 5.75 Å². The number of likely N-dealkylation sites (tertiary alicyclic amines) is 1. The van der Waals surface area contributed by atoms with Gasteiger partial charge in [0.2, 0.25) is 5.95 Å². The quantitative estimate of drug-likeness (QED) is 0.608. The van der Waals surface area contributed by atoms with E-state index in [0.29, 0.717) is 42.9 Å². The predicted octanol–water partition coefficient (Wildman–Crippen LogP) is 3.62. The van der Waals surface area contributed by atoms with Crippen molar-refractivity contribution in [2.75, 3.05) is 69.3 Å². The summed E-state index contributed by atoms with van der Waals surface area (Å²) in [5.41, 5.74) is 1.23. The second-order valence-corrected chi connectivity index (χ2v) is 9.95. The van der Waals surface area contributed by atoms with Gasteiger partial charge < -0.3 is 25.0 Å². The number of nitrogens with zero attached hydrogens (tertiary/aromatic N) is 4. The van der Waals surface area contributed by atoms with E-state index in [1.807, 2.05) is 36.4 Å². The first-order valence-electron chi connectivity index (χ1n) is 13.6. The van der Waals surface area contributed by atoms with Crippen molar-refractivity contribution < 1.29 is 14.3 Å². The third kappa shape index (κ3) is 7.20. The maximum absolute atomic E-state index is 13.1. The Morgan fingerprint density at radius 1 is 1.05 bits per heavy atom. The minimum atomic E-state index is -0.183. The first-order valence-corrected chi connectivity index (χ1v) is 13.6. The van der Waals surface area contributed by atoms with E-state index in [4.69, 9.17) is 14.5 Å². The molecular weight excluding hydrogens is 468 g/mol. The molecule has 1 aromatic heterocycles. The van der Waals surface area contributed by atoms with Crippen molar-refractivity contribution in [3.63, 3.8) is 0 Å². The fourth-order valence-electron chi connectivity index (χ4n) is 5.17. The molecule has 37 heavy (non-hydrogen) atoms. The lowest BCUT2D eigenvalue weighted by atomic mass is 9.94. The zero-order chi connectivity index (χ0) is 25.3. The number of amides is 1. The van der Waals surface area contributed by atoms with E-state index in [-0.39, 0.29) is 5.91 Å². The average molecular weight is 507 g/mol. The van der Waals surface area contributed by atoms with Crippen molar-refractivity contribution in [3.8, 4) is 5.75 Å². The zero-order valence-corrected chi connectivity index (χ0v) is 21.5. The Hall–Kier alpha value is -3.17. The fourth-order valence-corrected chi connectivity index (χ4v) is 5.17. The van der Waals surface area contributed by atoms with Crippen LogP contribution in [0.2, 0.25) is 0 Å². The van der Waals surface area contributed by atoms with Gasteiger partial charge in [0.05, 0.1) is 12.2 Å². The summed E-state index contributed by atoms with van der Waals surface area (Å²) in [7, 11) is 0. The molecule has 2 fully saturated rings. The van der Waals surface area contributed by atoms with E-state index in [1.54, 1.807) is 6.20 Å². The van der Waals surface area contributed by atoms with Crippen molar-refractivity contribution in [2.24, 2.45) is 5.92 Å². The van der Waals surface area contributed by atoms with Gasteiger partial charge in [-0.3, -0.25) is 9.69 Å². The number of piperidine rings is 1. The van der Waals surface area contributed by atoms with Gasteiger partial charge in [-0.25, -0.2) is 4.98 Å². The largest absolute Gasteiger partial charge is 0.491 e. The average Bonchev–Trinajstić information content (AvgIpc) is 3.44. The molecule has 2 saturated heterocycles. The summed E-state index contributed by atoms with van der Waals surface area (Å²) in [6.07, 6.45) is 11.5. The number of carbonyl (C=O) groups is 1. The number of hydrogen-bond acceptors (Lipinski definition) is 8. The van der Waals surface area contributed by atoms with Gasteiger partial charge in [-0.2, -0.15) is 4.98 Å². The highest BCUT2D eigenvalue weighted by Gasteiger charge is 2.21. The highest BCUT2D eigenvalue weighted by molar-refractivity contribution is 5.98. The Morgan fingerprint density at radius 2 is 1.92 bits per heavy atom. The number of hydrogen-bond donors (Lipinski definition) is 2. The van der Waals surface area contributed by atoms with Crippen molar-refractivity contribution in [1.29, 1.82) is 0 Å². The molecule has 0 aliphatic carbocycles. The molecule has 2 aromatic rings. The zero-order valence-electron chi connectivity index (χ0n) is 21.5. The third-order valence-electron chi connectivity index (χ3n) is 7.36. The summed E-state index contributed by atoms with van der Waals surface area (Å²) in [6, 6.07) is 7.54. The van der Waals surface area contributed by atoms with Crippen LogP contribution in [0.3, 0.4) is 0 Å². The summed E-state index contributed by atoms with van der Waals surface area (Å²) < 4.78 is 11.9. The van der Waals surface area contributed by atoms with Crippen LogP contribution in [-0.4, -0.2) is 79.9 Å². The summed E-state index contributed by atoms with van der Waals surface area (Å²) in [4.78, 5) is 27.0. The Morgan fingerprint density at radius 3 is 2.78 bits per heavy atom. The van der Waals surface area contributed by atoms with Crippen LogP contribution < -0.4 is 20.3 Å². The van der Waals surface area contributed by atoms with Crippen LogP contribution in [0, 0.1) is 5.92 Å². The number of rotatable bonds is 4. The molecule has 2 N–H and O–H groups in total. The Balaban J connectivity index is 1.34. The van der Waals surface area contributed by atoms with E-state index < -0.39 is 0 Å². The topological polar surface area (TPSA) is 91.8 Å². The number of anilines is 3. The smallest absolute Gasteiger partial charge is 0.255 e. The van der Waals surface area contributed by atoms with E-state index in [2.05, 4.69) is 25.4 Å². The standard InChI is InChI=1S/C28H38N6O3/c35-27-24-21-23(5-6-25(24)37-20-17-33-13-2-3-14-33)31-28-30-12-7-26(32-28)34-15-8-22(9-16-34)10-19-36-18-4-1-11-29-27/h1,4-7,12,21-22H,2-3,8-11,13-20H2,(H,29,35)(H,30,31,32)/b4-1+. The molecule has 0 spiro atoms. The normalized spacial score (nSPS) is 20.8. The number of carbonyl (C=O) groups excluding carboxylic acids is 1. The number of ether oxygens (including phenoxy) is 2. The Labute approximate surface area is 219 Å². The second-order valence-electron chi connectivity index (χ2n) is 9.95. The van der Waals surface area contributed by atoms with Crippen molar-refractivity contribution in [1.82, 2.24) is 20.2 Å². The molecule has 0 unspecified atom stereocenters. The SMILES string of the molecule is O=C1NC/C=C/COCCC2CCN(CC2)c2ccnc(n2)Nc2ccc(OCCN3CCCC3)c1c2. The molecule has 6 bridgehead atoms. The number of fused-ring (bicyclic) bond motifs is 9. The second kappa shape index (κ2) is 12.9. The van der Waals surface area contributed by atoms with Crippen molar-refractivity contribution >= 4 is 23.4 Å². The molecule has 6 rings (SSSR count). The van der Waals surface area contributed by atoms with Crippen LogP contribution in [0.1, 0.15) is 42.5 Å². The van der Waals surface area contributed by atoms with Crippen LogP contribution in [-0.2, 0) is 4.74 Å². The van der Waals surface area contributed by atoms with E-state index in [1.165, 1.54) is 12.8 Å². The predicted molar refractivity (Wildman–Crippen MR) is 145 cm³/mol.